The van der Waals surface area contributed by atoms with Crippen LogP contribution in [0.5, 0.6) is 0 Å². The lowest BCUT2D eigenvalue weighted by atomic mass is 10.0. The van der Waals surface area contributed by atoms with Gasteiger partial charge in [-0.1, -0.05) is 20.8 Å². The maximum absolute atomic E-state index is 12.8. The van der Waals surface area contributed by atoms with Crippen molar-refractivity contribution >= 4 is 17.7 Å². The number of likely N-dealkylation sites (tertiary alicyclic amines) is 1. The first-order valence-corrected chi connectivity index (χ1v) is 9.18. The normalized spacial score (nSPS) is 20.9. The molecule has 0 bridgehead atoms. The SMILES string of the molecule is CC(C)CN1C(=O)c2ccc(C(=O)N3CCCC(C)CC3)cc2C1=O. The van der Waals surface area contributed by atoms with Gasteiger partial charge < -0.3 is 4.90 Å². The van der Waals surface area contributed by atoms with Crippen molar-refractivity contribution in [2.45, 2.75) is 40.0 Å². The molecule has 1 saturated heterocycles. The minimum Gasteiger partial charge on any atom is -0.339 e. The zero-order chi connectivity index (χ0) is 18.1. The smallest absolute Gasteiger partial charge is 0.261 e. The lowest BCUT2D eigenvalue weighted by molar-refractivity contribution is 0.0636. The fourth-order valence-electron chi connectivity index (χ4n) is 3.60. The highest BCUT2D eigenvalue weighted by Gasteiger charge is 2.36. The van der Waals surface area contributed by atoms with Crippen molar-refractivity contribution < 1.29 is 14.4 Å². The van der Waals surface area contributed by atoms with Gasteiger partial charge in [-0.2, -0.15) is 0 Å². The molecule has 2 aliphatic heterocycles. The van der Waals surface area contributed by atoms with E-state index in [1.54, 1.807) is 18.2 Å². The molecule has 0 aromatic heterocycles. The molecular weight excluding hydrogens is 316 g/mol. The Morgan fingerprint density at radius 1 is 1.12 bits per heavy atom. The third-order valence-electron chi connectivity index (χ3n) is 5.07. The van der Waals surface area contributed by atoms with E-state index in [0.29, 0.717) is 29.2 Å². The Labute approximate surface area is 149 Å². The molecule has 0 saturated carbocycles. The fourth-order valence-corrected chi connectivity index (χ4v) is 3.60. The third-order valence-corrected chi connectivity index (χ3v) is 5.07. The van der Waals surface area contributed by atoms with Gasteiger partial charge in [0.25, 0.3) is 17.7 Å². The number of fused-ring (bicyclic) bond motifs is 1. The molecule has 1 aromatic carbocycles. The van der Waals surface area contributed by atoms with E-state index in [2.05, 4.69) is 6.92 Å². The minimum atomic E-state index is -0.284. The lowest BCUT2D eigenvalue weighted by Gasteiger charge is -2.20. The van der Waals surface area contributed by atoms with Crippen molar-refractivity contribution in [3.05, 3.63) is 34.9 Å². The molecule has 25 heavy (non-hydrogen) atoms. The summed E-state index contributed by atoms with van der Waals surface area (Å²) in [6.45, 7) is 8.07. The number of benzene rings is 1. The van der Waals surface area contributed by atoms with Gasteiger partial charge in [0.2, 0.25) is 0 Å². The number of hydrogen-bond donors (Lipinski definition) is 0. The average Bonchev–Trinajstić information content (AvgIpc) is 2.73. The van der Waals surface area contributed by atoms with Gasteiger partial charge >= 0.3 is 0 Å². The van der Waals surface area contributed by atoms with Crippen LogP contribution in [0.15, 0.2) is 18.2 Å². The Bertz CT molecular complexity index is 711. The summed E-state index contributed by atoms with van der Waals surface area (Å²) in [6.07, 6.45) is 3.17. The van der Waals surface area contributed by atoms with Gasteiger partial charge in [-0.3, -0.25) is 19.3 Å². The van der Waals surface area contributed by atoms with Crippen molar-refractivity contribution in [3.63, 3.8) is 0 Å². The molecule has 3 amide bonds. The van der Waals surface area contributed by atoms with Crippen molar-refractivity contribution in [2.75, 3.05) is 19.6 Å². The summed E-state index contributed by atoms with van der Waals surface area (Å²) in [5, 5.41) is 0. The Kier molecular flexibility index (Phi) is 4.93. The molecule has 0 spiro atoms. The highest BCUT2D eigenvalue weighted by molar-refractivity contribution is 6.22. The van der Waals surface area contributed by atoms with Crippen LogP contribution in [-0.4, -0.2) is 47.2 Å². The van der Waals surface area contributed by atoms with Crippen molar-refractivity contribution in [1.29, 1.82) is 0 Å². The Morgan fingerprint density at radius 2 is 1.84 bits per heavy atom. The van der Waals surface area contributed by atoms with Crippen molar-refractivity contribution in [3.8, 4) is 0 Å². The van der Waals surface area contributed by atoms with Crippen LogP contribution in [0.1, 0.15) is 71.1 Å². The quantitative estimate of drug-likeness (QED) is 0.793. The second-order valence-corrected chi connectivity index (χ2v) is 7.70. The van der Waals surface area contributed by atoms with E-state index in [1.165, 1.54) is 4.90 Å². The fraction of sp³-hybridized carbons (Fsp3) is 0.550. The van der Waals surface area contributed by atoms with E-state index in [4.69, 9.17) is 0 Å². The molecule has 3 rings (SSSR count). The molecule has 1 atom stereocenters. The monoisotopic (exact) mass is 342 g/mol. The van der Waals surface area contributed by atoms with E-state index in [-0.39, 0.29) is 23.6 Å². The number of imide groups is 1. The highest BCUT2D eigenvalue weighted by atomic mass is 16.2. The summed E-state index contributed by atoms with van der Waals surface area (Å²) < 4.78 is 0. The number of hydrogen-bond acceptors (Lipinski definition) is 3. The van der Waals surface area contributed by atoms with Crippen LogP contribution in [0.25, 0.3) is 0 Å². The molecule has 0 N–H and O–H groups in total. The molecular formula is C20H26N2O3. The van der Waals surface area contributed by atoms with Gasteiger partial charge in [-0.15, -0.1) is 0 Å². The predicted octanol–water partition coefficient (Wildman–Crippen LogP) is 3.20. The molecule has 5 nitrogen and oxygen atoms in total. The van der Waals surface area contributed by atoms with E-state index >= 15 is 0 Å². The van der Waals surface area contributed by atoms with Gasteiger partial charge in [0, 0.05) is 25.2 Å². The topological polar surface area (TPSA) is 57.7 Å². The van der Waals surface area contributed by atoms with Crippen LogP contribution < -0.4 is 0 Å². The summed E-state index contributed by atoms with van der Waals surface area (Å²) >= 11 is 0. The summed E-state index contributed by atoms with van der Waals surface area (Å²) in [4.78, 5) is 41.0. The van der Waals surface area contributed by atoms with Crippen LogP contribution >= 0.6 is 0 Å². The summed E-state index contributed by atoms with van der Waals surface area (Å²) in [5.74, 6) is 0.271. The maximum atomic E-state index is 12.8. The van der Waals surface area contributed by atoms with Crippen LogP contribution in [0, 0.1) is 11.8 Å². The van der Waals surface area contributed by atoms with E-state index in [0.717, 1.165) is 32.4 Å². The zero-order valence-electron chi connectivity index (χ0n) is 15.2. The number of nitrogens with zero attached hydrogens (tertiary/aromatic N) is 2. The Morgan fingerprint density at radius 3 is 2.56 bits per heavy atom. The summed E-state index contributed by atoms with van der Waals surface area (Å²) in [7, 11) is 0. The molecule has 0 aliphatic carbocycles. The number of carbonyl (C=O) groups excluding carboxylic acids is 3. The lowest BCUT2D eigenvalue weighted by Crippen LogP contribution is -2.33. The zero-order valence-corrected chi connectivity index (χ0v) is 15.2. The van der Waals surface area contributed by atoms with Crippen LogP contribution in [0.2, 0.25) is 0 Å². The Balaban J connectivity index is 1.83. The molecule has 1 fully saturated rings. The van der Waals surface area contributed by atoms with Crippen LogP contribution in [0.3, 0.4) is 0 Å². The molecule has 5 heteroatoms. The van der Waals surface area contributed by atoms with Gasteiger partial charge in [-0.25, -0.2) is 0 Å². The van der Waals surface area contributed by atoms with Crippen molar-refractivity contribution in [1.82, 2.24) is 9.80 Å². The largest absolute Gasteiger partial charge is 0.339 e. The second kappa shape index (κ2) is 6.98. The standard InChI is InChI=1S/C20H26N2O3/c1-13(2)12-22-19(24)16-7-6-15(11-17(16)20(22)25)18(23)21-9-4-5-14(3)8-10-21/h6-7,11,13-14H,4-5,8-10,12H2,1-3H3. The molecule has 2 aliphatic rings. The minimum absolute atomic E-state index is 0.0422. The third kappa shape index (κ3) is 3.46. The molecule has 1 unspecified atom stereocenters. The van der Waals surface area contributed by atoms with Gasteiger partial charge in [0.15, 0.2) is 0 Å². The van der Waals surface area contributed by atoms with E-state index < -0.39 is 0 Å². The van der Waals surface area contributed by atoms with Crippen LogP contribution in [-0.2, 0) is 0 Å². The number of amides is 3. The van der Waals surface area contributed by atoms with Gasteiger partial charge in [0.05, 0.1) is 11.1 Å². The molecule has 2 heterocycles. The first-order valence-electron chi connectivity index (χ1n) is 9.18. The van der Waals surface area contributed by atoms with E-state index in [9.17, 15) is 14.4 Å². The first-order chi connectivity index (χ1) is 11.9. The first kappa shape index (κ1) is 17.6. The molecule has 134 valence electrons. The van der Waals surface area contributed by atoms with Gasteiger partial charge in [-0.05, 0) is 49.3 Å². The van der Waals surface area contributed by atoms with Crippen LogP contribution in [0.4, 0.5) is 0 Å². The highest BCUT2D eigenvalue weighted by Crippen LogP contribution is 2.26. The van der Waals surface area contributed by atoms with Gasteiger partial charge in [0.1, 0.15) is 0 Å². The molecule has 0 radical (unpaired) electrons. The molecule has 1 aromatic rings. The predicted molar refractivity (Wildman–Crippen MR) is 95.6 cm³/mol. The van der Waals surface area contributed by atoms with Crippen molar-refractivity contribution in [2.24, 2.45) is 11.8 Å². The number of carbonyl (C=O) groups is 3. The summed E-state index contributed by atoms with van der Waals surface area (Å²) in [6, 6.07) is 4.91. The Hall–Kier alpha value is -2.17. The van der Waals surface area contributed by atoms with E-state index in [1.807, 2.05) is 18.7 Å². The summed E-state index contributed by atoms with van der Waals surface area (Å²) in [5.41, 5.74) is 1.27. The average molecular weight is 342 g/mol. The maximum Gasteiger partial charge on any atom is 0.261 e. The second-order valence-electron chi connectivity index (χ2n) is 7.70. The number of rotatable bonds is 3.